The first-order valence-corrected chi connectivity index (χ1v) is 10.8. The third-order valence-electron chi connectivity index (χ3n) is 5.30. The molecule has 182 valence electrons. The molecule has 2 aliphatic rings. The fourth-order valence-corrected chi connectivity index (χ4v) is 4.37. The maximum absolute atomic E-state index is 12.8. The van der Waals surface area contributed by atoms with Gasteiger partial charge in [-0.15, -0.1) is 38.0 Å². The van der Waals surface area contributed by atoms with Gasteiger partial charge in [-0.3, -0.25) is 4.74 Å². The largest absolute Gasteiger partial charge is 0.524 e. The van der Waals surface area contributed by atoms with E-state index in [0.29, 0.717) is 18.5 Å². The van der Waals surface area contributed by atoms with Crippen molar-refractivity contribution in [3.8, 4) is 0 Å². The molecule has 2 aliphatic carbocycles. The van der Waals surface area contributed by atoms with Crippen LogP contribution in [0, 0.1) is 5.92 Å². The van der Waals surface area contributed by atoms with E-state index >= 15 is 0 Å². The fraction of sp³-hybridized carbons (Fsp3) is 0.600. The van der Waals surface area contributed by atoms with E-state index in [4.69, 9.17) is 0 Å². The molecule has 3 rings (SSSR count). The summed E-state index contributed by atoms with van der Waals surface area (Å²) in [5.74, 6) is 0.993. The SMILES string of the molecule is CN(C)c1nccc(N[C@H]2CC[C@@H](NCC3C=CC=CC3(Br)OC(F)(F)F)CC2)n1.Cl.Cl. The number of hydrogen-bond donors (Lipinski definition) is 2. The molecule has 32 heavy (non-hydrogen) atoms. The number of allylic oxidation sites excluding steroid dienone is 2. The van der Waals surface area contributed by atoms with Crippen molar-refractivity contribution in [3.63, 3.8) is 0 Å². The summed E-state index contributed by atoms with van der Waals surface area (Å²) in [6.45, 7) is 0.392. The van der Waals surface area contributed by atoms with Crippen LogP contribution in [0.2, 0.25) is 0 Å². The van der Waals surface area contributed by atoms with Gasteiger partial charge in [0.2, 0.25) is 5.95 Å². The average Bonchev–Trinajstić information content (AvgIpc) is 2.67. The van der Waals surface area contributed by atoms with Crippen LogP contribution in [-0.2, 0) is 4.74 Å². The minimum Gasteiger partial charge on any atom is -0.367 e. The second-order valence-corrected chi connectivity index (χ2v) is 9.07. The number of ether oxygens (including phenoxy) is 1. The Hall–Kier alpha value is -1.07. The Morgan fingerprint density at radius 1 is 1.16 bits per heavy atom. The van der Waals surface area contributed by atoms with Crippen LogP contribution in [0.3, 0.4) is 0 Å². The van der Waals surface area contributed by atoms with Crippen molar-refractivity contribution in [2.75, 3.05) is 30.9 Å². The van der Waals surface area contributed by atoms with Crippen molar-refractivity contribution in [3.05, 3.63) is 36.6 Å². The van der Waals surface area contributed by atoms with Gasteiger partial charge in [0.25, 0.3) is 0 Å². The van der Waals surface area contributed by atoms with Crippen molar-refractivity contribution in [2.45, 2.75) is 48.6 Å². The Balaban J connectivity index is 0.00000256. The highest BCUT2D eigenvalue weighted by atomic mass is 79.9. The van der Waals surface area contributed by atoms with Crippen LogP contribution in [0.15, 0.2) is 36.6 Å². The number of hydrogen-bond acceptors (Lipinski definition) is 6. The third kappa shape index (κ3) is 8.37. The molecule has 1 heterocycles. The van der Waals surface area contributed by atoms with E-state index in [9.17, 15) is 13.2 Å². The summed E-state index contributed by atoms with van der Waals surface area (Å²) in [5, 5.41) is 6.88. The number of halogens is 6. The number of alkyl halides is 4. The van der Waals surface area contributed by atoms with Crippen LogP contribution < -0.4 is 15.5 Å². The summed E-state index contributed by atoms with van der Waals surface area (Å²) in [7, 11) is 3.79. The van der Waals surface area contributed by atoms with E-state index in [0.717, 1.165) is 31.5 Å². The standard InChI is InChI=1S/C20H27BrF3N5O.2ClH/c1-29(2)18-25-12-10-17(28-18)27-16-8-6-15(7-9-16)26-13-14-5-3-4-11-19(14,21)30-20(22,23)24;;/h3-5,10-12,14-16,26H,6-9,13H2,1-2H3,(H,25,27,28);2*1H/t14?,15-,16+,19?;;. The molecular weight excluding hydrogens is 534 g/mol. The Bertz CT molecular complexity index is 776. The van der Waals surface area contributed by atoms with Crippen LogP contribution in [-0.4, -0.2) is 53.6 Å². The van der Waals surface area contributed by atoms with Gasteiger partial charge in [-0.05, 0) is 53.8 Å². The molecule has 2 unspecified atom stereocenters. The van der Waals surface area contributed by atoms with Crippen molar-refractivity contribution < 1.29 is 17.9 Å². The topological polar surface area (TPSA) is 62.3 Å². The highest BCUT2D eigenvalue weighted by molar-refractivity contribution is 9.10. The normalized spacial score (nSPS) is 27.2. The van der Waals surface area contributed by atoms with E-state index in [1.165, 1.54) is 6.08 Å². The van der Waals surface area contributed by atoms with Crippen LogP contribution in [0.25, 0.3) is 0 Å². The number of anilines is 2. The van der Waals surface area contributed by atoms with Crippen LogP contribution in [0.5, 0.6) is 0 Å². The minimum absolute atomic E-state index is 0. The molecule has 2 atom stereocenters. The summed E-state index contributed by atoms with van der Waals surface area (Å²) < 4.78 is 41.1. The maximum Gasteiger partial charge on any atom is 0.524 e. The van der Waals surface area contributed by atoms with Gasteiger partial charge < -0.3 is 15.5 Å². The zero-order chi connectivity index (χ0) is 21.8. The Labute approximate surface area is 207 Å². The molecule has 1 aromatic rings. The molecule has 12 heteroatoms. The average molecular weight is 563 g/mol. The molecule has 6 nitrogen and oxygen atoms in total. The first-order chi connectivity index (χ1) is 14.1. The van der Waals surface area contributed by atoms with Gasteiger partial charge in [-0.1, -0.05) is 18.2 Å². The van der Waals surface area contributed by atoms with Gasteiger partial charge in [0.05, 0.1) is 0 Å². The molecule has 1 saturated carbocycles. The smallest absolute Gasteiger partial charge is 0.367 e. The quantitative estimate of drug-likeness (QED) is 0.452. The summed E-state index contributed by atoms with van der Waals surface area (Å²) in [6, 6.07) is 2.43. The maximum atomic E-state index is 12.8. The monoisotopic (exact) mass is 561 g/mol. The van der Waals surface area contributed by atoms with Gasteiger partial charge >= 0.3 is 6.36 Å². The molecular formula is C20H29BrCl2F3N5O. The third-order valence-corrected chi connectivity index (χ3v) is 6.32. The van der Waals surface area contributed by atoms with Gasteiger partial charge in [0, 0.05) is 44.8 Å². The summed E-state index contributed by atoms with van der Waals surface area (Å²) in [4.78, 5) is 10.6. The molecule has 0 radical (unpaired) electrons. The molecule has 0 saturated heterocycles. The van der Waals surface area contributed by atoms with Crippen molar-refractivity contribution in [2.24, 2.45) is 5.92 Å². The van der Waals surface area contributed by atoms with Crippen molar-refractivity contribution in [1.82, 2.24) is 15.3 Å². The van der Waals surface area contributed by atoms with Gasteiger partial charge in [0.1, 0.15) is 5.82 Å². The minimum atomic E-state index is -4.71. The second kappa shape index (κ2) is 12.4. The molecule has 1 aromatic heterocycles. The highest BCUT2D eigenvalue weighted by Gasteiger charge is 2.45. The Kier molecular flexibility index (Phi) is 11.2. The number of rotatable bonds is 7. The Morgan fingerprint density at radius 2 is 1.81 bits per heavy atom. The van der Waals surface area contributed by atoms with Crippen LogP contribution in [0.1, 0.15) is 25.7 Å². The van der Waals surface area contributed by atoms with Crippen molar-refractivity contribution in [1.29, 1.82) is 0 Å². The molecule has 0 aromatic carbocycles. The zero-order valence-electron chi connectivity index (χ0n) is 17.8. The van der Waals surface area contributed by atoms with Crippen LogP contribution in [0.4, 0.5) is 24.9 Å². The van der Waals surface area contributed by atoms with E-state index in [2.05, 4.69) is 41.3 Å². The van der Waals surface area contributed by atoms with Gasteiger partial charge in [-0.25, -0.2) is 4.98 Å². The first kappa shape index (κ1) is 29.0. The lowest BCUT2D eigenvalue weighted by atomic mass is 9.90. The van der Waals surface area contributed by atoms with Crippen molar-refractivity contribution >= 4 is 52.5 Å². The van der Waals surface area contributed by atoms with E-state index < -0.39 is 16.8 Å². The predicted octanol–water partition coefficient (Wildman–Crippen LogP) is 5.07. The van der Waals surface area contributed by atoms with E-state index in [1.807, 2.05) is 25.1 Å². The molecule has 0 spiro atoms. The molecule has 0 aliphatic heterocycles. The number of aromatic nitrogens is 2. The first-order valence-electron chi connectivity index (χ1n) is 9.97. The van der Waals surface area contributed by atoms with Gasteiger partial charge in [0.15, 0.2) is 4.51 Å². The summed E-state index contributed by atoms with van der Waals surface area (Å²) in [5.41, 5.74) is 0. The van der Waals surface area contributed by atoms with Gasteiger partial charge in [-0.2, -0.15) is 4.98 Å². The molecule has 0 amide bonds. The molecule has 0 bridgehead atoms. The summed E-state index contributed by atoms with van der Waals surface area (Å²) in [6.07, 6.45) is 7.24. The zero-order valence-corrected chi connectivity index (χ0v) is 21.0. The Morgan fingerprint density at radius 3 is 2.44 bits per heavy atom. The highest BCUT2D eigenvalue weighted by Crippen LogP contribution is 2.39. The predicted molar refractivity (Wildman–Crippen MR) is 129 cm³/mol. The second-order valence-electron chi connectivity index (χ2n) is 7.83. The lowest BCUT2D eigenvalue weighted by Gasteiger charge is -2.36. The molecule has 2 N–H and O–H groups in total. The lowest BCUT2D eigenvalue weighted by molar-refractivity contribution is -0.345. The number of nitrogens with zero attached hydrogens (tertiary/aromatic N) is 3. The lowest BCUT2D eigenvalue weighted by Crippen LogP contribution is -2.46. The van der Waals surface area contributed by atoms with Crippen LogP contribution >= 0.6 is 40.7 Å². The molecule has 1 fully saturated rings. The summed E-state index contributed by atoms with van der Waals surface area (Å²) >= 11 is 3.14. The van der Waals surface area contributed by atoms with E-state index in [-0.39, 0.29) is 30.9 Å². The fourth-order valence-electron chi connectivity index (χ4n) is 3.72. The van der Waals surface area contributed by atoms with E-state index in [1.54, 1.807) is 24.4 Å². The number of nitrogens with one attached hydrogen (secondary N) is 2.